The summed E-state index contributed by atoms with van der Waals surface area (Å²) < 4.78 is 0. The summed E-state index contributed by atoms with van der Waals surface area (Å²) in [6, 6.07) is 0. The molecule has 1 heterocycles. The van der Waals surface area contributed by atoms with Crippen LogP contribution >= 0.6 is 0 Å². The molecular weight excluding hydrogens is 304 g/mol. The van der Waals surface area contributed by atoms with Crippen LogP contribution in [0.1, 0.15) is 44.0 Å². The van der Waals surface area contributed by atoms with Crippen LogP contribution in [0.3, 0.4) is 0 Å². The average Bonchev–Trinajstić information content (AvgIpc) is 2.50. The first-order valence-electron chi connectivity index (χ1n) is 7.92. The maximum absolute atomic E-state index is 12.6. The first-order chi connectivity index (χ1) is 11.1. The van der Waals surface area contributed by atoms with Crippen molar-refractivity contribution in [3.05, 3.63) is 39.2 Å². The third kappa shape index (κ3) is 2.75. The van der Waals surface area contributed by atoms with Crippen molar-refractivity contribution in [1.82, 2.24) is 9.88 Å². The maximum Gasteiger partial charge on any atom is 0.323 e. The normalized spacial score (nSPS) is 11.0. The number of hydrogen-bond donors (Lipinski definition) is 1. The number of fused-ring (bicyclic) bond motifs is 1. The summed E-state index contributed by atoms with van der Waals surface area (Å²) in [5.74, 6) is -1.41. The summed E-state index contributed by atoms with van der Waals surface area (Å²) in [5.41, 5.74) is 6.71. The van der Waals surface area contributed by atoms with Gasteiger partial charge in [0.1, 0.15) is 12.2 Å². The maximum atomic E-state index is 12.6. The largest absolute Gasteiger partial charge is 0.480 e. The van der Waals surface area contributed by atoms with E-state index in [1.807, 2.05) is 13.8 Å². The van der Waals surface area contributed by atoms with Crippen LogP contribution in [0.4, 0.5) is 0 Å². The van der Waals surface area contributed by atoms with Crippen molar-refractivity contribution in [3.63, 3.8) is 0 Å². The van der Waals surface area contributed by atoms with Gasteiger partial charge in [-0.3, -0.25) is 9.59 Å². The molecule has 24 heavy (non-hydrogen) atoms. The van der Waals surface area contributed by atoms with Gasteiger partial charge in [-0.25, -0.2) is 4.98 Å². The molecule has 0 aliphatic heterocycles. The number of pyridine rings is 1. The van der Waals surface area contributed by atoms with Crippen LogP contribution in [0.5, 0.6) is 0 Å². The second kappa shape index (κ2) is 6.23. The van der Waals surface area contributed by atoms with Gasteiger partial charge < -0.3 is 10.0 Å². The Morgan fingerprint density at radius 2 is 1.38 bits per heavy atom. The fourth-order valence-corrected chi connectivity index (χ4v) is 3.32. The number of likely N-dealkylation sites (N-methyl/N-ethyl adjacent to an activating group) is 1. The Labute approximate surface area is 142 Å². The summed E-state index contributed by atoms with van der Waals surface area (Å²) in [7, 11) is 1.48. The minimum Gasteiger partial charge on any atom is -0.480 e. The van der Waals surface area contributed by atoms with Crippen LogP contribution in [0.15, 0.2) is 0 Å². The van der Waals surface area contributed by atoms with Gasteiger partial charge in [-0.15, -0.1) is 0 Å². The van der Waals surface area contributed by atoms with E-state index in [1.54, 1.807) is 0 Å². The van der Waals surface area contributed by atoms with Crippen molar-refractivity contribution < 1.29 is 14.7 Å². The topological polar surface area (TPSA) is 70.5 Å². The zero-order valence-electron chi connectivity index (χ0n) is 15.4. The van der Waals surface area contributed by atoms with Gasteiger partial charge in [-0.2, -0.15) is 0 Å². The van der Waals surface area contributed by atoms with E-state index in [9.17, 15) is 9.59 Å². The lowest BCUT2D eigenvalue weighted by atomic mass is 9.88. The smallest absolute Gasteiger partial charge is 0.323 e. The minimum atomic E-state index is -1.04. The quantitative estimate of drug-likeness (QED) is 0.939. The van der Waals surface area contributed by atoms with Crippen molar-refractivity contribution in [3.8, 4) is 0 Å². The number of aromatic nitrogens is 1. The van der Waals surface area contributed by atoms with Crippen LogP contribution in [0, 0.1) is 41.5 Å². The predicted molar refractivity (Wildman–Crippen MR) is 94.8 cm³/mol. The van der Waals surface area contributed by atoms with Crippen molar-refractivity contribution in [2.24, 2.45) is 0 Å². The van der Waals surface area contributed by atoms with Gasteiger partial charge in [0.25, 0.3) is 5.91 Å². The molecule has 0 spiro atoms. The molecule has 5 nitrogen and oxygen atoms in total. The number of carbonyl (C=O) groups excluding carboxylic acids is 1. The van der Waals surface area contributed by atoms with Crippen molar-refractivity contribution >= 4 is 22.6 Å². The molecule has 0 atom stereocenters. The molecule has 0 saturated heterocycles. The monoisotopic (exact) mass is 328 g/mol. The lowest BCUT2D eigenvalue weighted by Crippen LogP contribution is -2.33. The van der Waals surface area contributed by atoms with Gasteiger partial charge >= 0.3 is 5.97 Å². The molecule has 0 saturated carbocycles. The number of rotatable bonds is 3. The number of aliphatic carboxylic acids is 1. The number of amides is 1. The van der Waals surface area contributed by atoms with Crippen molar-refractivity contribution in [1.29, 1.82) is 0 Å². The van der Waals surface area contributed by atoms with Gasteiger partial charge in [0.05, 0.1) is 0 Å². The molecule has 2 aromatic rings. The van der Waals surface area contributed by atoms with E-state index in [-0.39, 0.29) is 12.5 Å². The summed E-state index contributed by atoms with van der Waals surface area (Å²) in [6.45, 7) is 11.8. The number of carboxylic acid groups (broad SMARTS) is 1. The number of carbonyl (C=O) groups is 2. The van der Waals surface area contributed by atoms with Crippen LogP contribution in [0.2, 0.25) is 0 Å². The highest BCUT2D eigenvalue weighted by atomic mass is 16.4. The highest BCUT2D eigenvalue weighted by molar-refractivity contribution is 6.03. The third-order valence-corrected chi connectivity index (χ3v) is 4.98. The summed E-state index contributed by atoms with van der Waals surface area (Å²) in [6.07, 6.45) is 0. The number of hydrogen-bond acceptors (Lipinski definition) is 3. The molecule has 1 amide bonds. The van der Waals surface area contributed by atoms with Gasteiger partial charge in [0.2, 0.25) is 0 Å². The fourth-order valence-electron chi connectivity index (χ4n) is 3.32. The van der Waals surface area contributed by atoms with Crippen LogP contribution in [-0.2, 0) is 4.79 Å². The molecule has 0 aliphatic carbocycles. The highest BCUT2D eigenvalue weighted by Gasteiger charge is 2.23. The van der Waals surface area contributed by atoms with Crippen LogP contribution in [-0.4, -0.2) is 40.5 Å². The van der Waals surface area contributed by atoms with E-state index in [1.165, 1.54) is 28.6 Å². The molecule has 0 aliphatic rings. The van der Waals surface area contributed by atoms with E-state index in [0.29, 0.717) is 5.69 Å². The second-order valence-corrected chi connectivity index (χ2v) is 6.48. The molecule has 2 rings (SSSR count). The first kappa shape index (κ1) is 17.9. The van der Waals surface area contributed by atoms with E-state index >= 15 is 0 Å². The Kier molecular flexibility index (Phi) is 4.65. The van der Waals surface area contributed by atoms with Crippen molar-refractivity contribution in [2.45, 2.75) is 41.5 Å². The Hall–Kier alpha value is -2.43. The molecule has 0 radical (unpaired) electrons. The molecule has 1 N–H and O–H groups in total. The zero-order valence-corrected chi connectivity index (χ0v) is 15.4. The number of nitrogens with zero attached hydrogens (tertiary/aromatic N) is 2. The van der Waals surface area contributed by atoms with Gasteiger partial charge in [0.15, 0.2) is 0 Å². The van der Waals surface area contributed by atoms with Crippen LogP contribution in [0.25, 0.3) is 10.8 Å². The van der Waals surface area contributed by atoms with Gasteiger partial charge in [-0.05, 0) is 74.7 Å². The average molecular weight is 328 g/mol. The molecule has 5 heteroatoms. The Morgan fingerprint density at radius 3 is 1.88 bits per heavy atom. The summed E-state index contributed by atoms with van der Waals surface area (Å²) >= 11 is 0. The molecule has 1 aromatic carbocycles. The lowest BCUT2D eigenvalue weighted by Gasteiger charge is -2.21. The van der Waals surface area contributed by atoms with Crippen LogP contribution < -0.4 is 0 Å². The Bertz CT molecular complexity index is 869. The Morgan fingerprint density at radius 1 is 0.875 bits per heavy atom. The third-order valence-electron chi connectivity index (χ3n) is 4.98. The molecule has 0 unspecified atom stereocenters. The Balaban J connectivity index is 2.79. The van der Waals surface area contributed by atoms with E-state index in [2.05, 4.69) is 32.7 Å². The number of carboxylic acids is 1. The molecule has 128 valence electrons. The molecule has 0 bridgehead atoms. The van der Waals surface area contributed by atoms with E-state index in [4.69, 9.17) is 5.11 Å². The van der Waals surface area contributed by atoms with Gasteiger partial charge in [0, 0.05) is 18.1 Å². The standard InChI is InChI=1S/C19H24N2O3/c1-9-10(2)12(4)17-14(6)20-18(13(5)16(17)11(9)3)19(24)21(7)8-15(22)23/h8H2,1-7H3,(H,22,23). The lowest BCUT2D eigenvalue weighted by molar-refractivity contribution is -0.137. The van der Waals surface area contributed by atoms with Gasteiger partial charge in [-0.1, -0.05) is 0 Å². The highest BCUT2D eigenvalue weighted by Crippen LogP contribution is 2.34. The SMILES string of the molecule is Cc1c(C)c(C)c2c(C)c(C(=O)N(C)CC(=O)O)nc(C)c2c1C. The zero-order chi connectivity index (χ0) is 18.3. The van der Waals surface area contributed by atoms with Crippen molar-refractivity contribution in [2.75, 3.05) is 13.6 Å². The number of aryl methyl sites for hydroxylation is 4. The van der Waals surface area contributed by atoms with E-state index in [0.717, 1.165) is 27.6 Å². The molecule has 0 fully saturated rings. The van der Waals surface area contributed by atoms with E-state index < -0.39 is 5.97 Å². The molecular formula is C19H24N2O3. The minimum absolute atomic E-state index is 0.328. The molecule has 1 aromatic heterocycles. The summed E-state index contributed by atoms with van der Waals surface area (Å²) in [4.78, 5) is 29.2. The predicted octanol–water partition coefficient (Wildman–Crippen LogP) is 3.24. The summed E-state index contributed by atoms with van der Waals surface area (Å²) in [5, 5.41) is 11.0. The first-order valence-corrected chi connectivity index (χ1v) is 7.92. The fraction of sp³-hybridized carbons (Fsp3) is 0.421. The second-order valence-electron chi connectivity index (χ2n) is 6.48. The number of benzene rings is 1.